The van der Waals surface area contributed by atoms with Gasteiger partial charge in [-0.25, -0.2) is 4.39 Å². The minimum Gasteiger partial charge on any atom is -0.496 e. The molecule has 5 heteroatoms. The molecule has 0 radical (unpaired) electrons. The maximum absolute atomic E-state index is 13.3. The number of nitrogens with one attached hydrogen (secondary N) is 1. The standard InChI is InChI=1S/C24H26FNO3/c1-6-15(3)26-22(27)11-14(2)19-12-20-21(17-7-9-18(25)10-8-17)13-29-24(20)16(4)23(19)28-5/h7-13,15H,6H2,1-5H3,(H,26,27)/b14-11+. The molecule has 152 valence electrons. The Morgan fingerprint density at radius 3 is 2.62 bits per heavy atom. The van der Waals surface area contributed by atoms with Gasteiger partial charge in [-0.1, -0.05) is 19.1 Å². The van der Waals surface area contributed by atoms with E-state index in [1.165, 1.54) is 12.1 Å². The lowest BCUT2D eigenvalue weighted by Crippen LogP contribution is -2.30. The second-order valence-electron chi connectivity index (χ2n) is 7.26. The number of hydrogen-bond donors (Lipinski definition) is 1. The van der Waals surface area contributed by atoms with Crippen LogP contribution in [0.5, 0.6) is 5.75 Å². The molecule has 0 saturated carbocycles. The monoisotopic (exact) mass is 395 g/mol. The number of benzene rings is 2. The summed E-state index contributed by atoms with van der Waals surface area (Å²) in [5, 5.41) is 3.84. The Hall–Kier alpha value is -3.08. The van der Waals surface area contributed by atoms with E-state index in [0.29, 0.717) is 11.3 Å². The molecule has 1 aromatic heterocycles. The van der Waals surface area contributed by atoms with Crippen LogP contribution in [0.4, 0.5) is 4.39 Å². The summed E-state index contributed by atoms with van der Waals surface area (Å²) in [5.74, 6) is 0.247. The SMILES string of the molecule is CCC(C)NC(=O)/C=C(\C)c1cc2c(-c3ccc(F)cc3)coc2c(C)c1OC. The van der Waals surface area contributed by atoms with Crippen LogP contribution in [-0.2, 0) is 4.79 Å². The summed E-state index contributed by atoms with van der Waals surface area (Å²) in [7, 11) is 1.61. The quantitative estimate of drug-likeness (QED) is 0.531. The van der Waals surface area contributed by atoms with Gasteiger partial charge in [-0.3, -0.25) is 4.79 Å². The van der Waals surface area contributed by atoms with Gasteiger partial charge in [-0.05, 0) is 56.5 Å². The van der Waals surface area contributed by atoms with Crippen LogP contribution in [0, 0.1) is 12.7 Å². The maximum Gasteiger partial charge on any atom is 0.244 e. The molecule has 0 spiro atoms. The van der Waals surface area contributed by atoms with Crippen molar-refractivity contribution in [3.05, 3.63) is 59.6 Å². The molecule has 3 aromatic rings. The number of amides is 1. The van der Waals surface area contributed by atoms with Crippen molar-refractivity contribution >= 4 is 22.4 Å². The van der Waals surface area contributed by atoms with Crippen molar-refractivity contribution in [2.75, 3.05) is 7.11 Å². The number of rotatable bonds is 6. The first-order valence-electron chi connectivity index (χ1n) is 9.69. The predicted molar refractivity (Wildman–Crippen MR) is 114 cm³/mol. The minimum atomic E-state index is -0.286. The van der Waals surface area contributed by atoms with E-state index in [-0.39, 0.29) is 17.8 Å². The van der Waals surface area contributed by atoms with E-state index in [2.05, 4.69) is 5.32 Å². The Kier molecular flexibility index (Phi) is 6.06. The summed E-state index contributed by atoms with van der Waals surface area (Å²) in [5.41, 5.74) is 4.89. The fourth-order valence-corrected chi connectivity index (χ4v) is 3.39. The number of carbonyl (C=O) groups is 1. The largest absolute Gasteiger partial charge is 0.496 e. The number of aryl methyl sites for hydroxylation is 1. The summed E-state index contributed by atoms with van der Waals surface area (Å²) in [6.45, 7) is 7.81. The molecule has 0 fully saturated rings. The van der Waals surface area contributed by atoms with E-state index in [1.807, 2.05) is 33.8 Å². The first kappa shape index (κ1) is 20.6. The minimum absolute atomic E-state index is 0.108. The molecule has 0 aliphatic rings. The van der Waals surface area contributed by atoms with Crippen LogP contribution in [0.1, 0.15) is 38.3 Å². The van der Waals surface area contributed by atoms with Gasteiger partial charge in [0.15, 0.2) is 0 Å². The van der Waals surface area contributed by atoms with Gasteiger partial charge in [0.05, 0.1) is 13.4 Å². The van der Waals surface area contributed by atoms with Gasteiger partial charge in [0.1, 0.15) is 17.1 Å². The average molecular weight is 395 g/mol. The van der Waals surface area contributed by atoms with Gasteiger partial charge in [0.25, 0.3) is 0 Å². The summed E-state index contributed by atoms with van der Waals surface area (Å²) in [6, 6.07) is 8.37. The molecule has 1 unspecified atom stereocenters. The van der Waals surface area contributed by atoms with Crippen molar-refractivity contribution in [3.63, 3.8) is 0 Å². The van der Waals surface area contributed by atoms with Crippen molar-refractivity contribution in [1.82, 2.24) is 5.32 Å². The van der Waals surface area contributed by atoms with Crippen molar-refractivity contribution in [1.29, 1.82) is 0 Å². The molecule has 1 N–H and O–H groups in total. The zero-order chi connectivity index (χ0) is 21.1. The Balaban J connectivity index is 2.12. The van der Waals surface area contributed by atoms with Gasteiger partial charge < -0.3 is 14.5 Å². The van der Waals surface area contributed by atoms with E-state index in [9.17, 15) is 9.18 Å². The zero-order valence-electron chi connectivity index (χ0n) is 17.4. The van der Waals surface area contributed by atoms with Crippen LogP contribution in [0.3, 0.4) is 0 Å². The molecular weight excluding hydrogens is 369 g/mol. The second-order valence-corrected chi connectivity index (χ2v) is 7.26. The fourth-order valence-electron chi connectivity index (χ4n) is 3.39. The Bertz CT molecular complexity index is 1060. The van der Waals surface area contributed by atoms with Crippen molar-refractivity contribution in [3.8, 4) is 16.9 Å². The van der Waals surface area contributed by atoms with Crippen molar-refractivity contribution < 1.29 is 18.3 Å². The lowest BCUT2D eigenvalue weighted by Gasteiger charge is -2.14. The van der Waals surface area contributed by atoms with E-state index in [1.54, 1.807) is 31.6 Å². The number of carbonyl (C=O) groups excluding carboxylic acids is 1. The van der Waals surface area contributed by atoms with Crippen LogP contribution < -0.4 is 10.1 Å². The summed E-state index contributed by atoms with van der Waals surface area (Å²) >= 11 is 0. The third-order valence-electron chi connectivity index (χ3n) is 5.18. The third kappa shape index (κ3) is 4.19. The molecule has 0 aliphatic carbocycles. The normalized spacial score (nSPS) is 12.8. The molecule has 4 nitrogen and oxygen atoms in total. The third-order valence-corrected chi connectivity index (χ3v) is 5.18. The van der Waals surface area contributed by atoms with Crippen LogP contribution >= 0.6 is 0 Å². The molecule has 29 heavy (non-hydrogen) atoms. The molecule has 0 aliphatic heterocycles. The van der Waals surface area contributed by atoms with E-state index in [0.717, 1.165) is 39.6 Å². The molecule has 1 amide bonds. The smallest absolute Gasteiger partial charge is 0.244 e. The zero-order valence-corrected chi connectivity index (χ0v) is 17.4. The van der Waals surface area contributed by atoms with Gasteiger partial charge in [-0.2, -0.15) is 0 Å². The molecule has 0 saturated heterocycles. The van der Waals surface area contributed by atoms with Gasteiger partial charge in [-0.15, -0.1) is 0 Å². The van der Waals surface area contributed by atoms with Crippen molar-refractivity contribution in [2.24, 2.45) is 0 Å². The van der Waals surface area contributed by atoms with E-state index < -0.39 is 0 Å². The fraction of sp³-hybridized carbons (Fsp3) is 0.292. The number of allylic oxidation sites excluding steroid dienone is 1. The molecule has 0 bridgehead atoms. The lowest BCUT2D eigenvalue weighted by atomic mass is 9.96. The van der Waals surface area contributed by atoms with Gasteiger partial charge in [0.2, 0.25) is 5.91 Å². The highest BCUT2D eigenvalue weighted by atomic mass is 19.1. The average Bonchev–Trinajstić information content (AvgIpc) is 3.12. The Morgan fingerprint density at radius 1 is 1.31 bits per heavy atom. The van der Waals surface area contributed by atoms with Crippen molar-refractivity contribution in [2.45, 2.75) is 40.2 Å². The highest BCUT2D eigenvalue weighted by Crippen LogP contribution is 2.40. The first-order valence-corrected chi connectivity index (χ1v) is 9.69. The number of furan rings is 1. The molecular formula is C24H26FNO3. The number of fused-ring (bicyclic) bond motifs is 1. The maximum atomic E-state index is 13.3. The molecule has 3 rings (SSSR count). The second kappa shape index (κ2) is 8.52. The van der Waals surface area contributed by atoms with Crippen LogP contribution in [-0.4, -0.2) is 19.1 Å². The lowest BCUT2D eigenvalue weighted by molar-refractivity contribution is -0.117. The number of ether oxygens (including phenoxy) is 1. The first-order chi connectivity index (χ1) is 13.8. The molecule has 2 aromatic carbocycles. The summed E-state index contributed by atoms with van der Waals surface area (Å²) in [6.07, 6.45) is 4.12. The van der Waals surface area contributed by atoms with E-state index in [4.69, 9.17) is 9.15 Å². The highest BCUT2D eigenvalue weighted by molar-refractivity contribution is 6.01. The van der Waals surface area contributed by atoms with Gasteiger partial charge >= 0.3 is 0 Å². The number of hydrogen-bond acceptors (Lipinski definition) is 3. The summed E-state index contributed by atoms with van der Waals surface area (Å²) < 4.78 is 24.8. The van der Waals surface area contributed by atoms with Gasteiger partial charge in [0, 0.05) is 34.2 Å². The predicted octanol–water partition coefficient (Wildman–Crippen LogP) is 5.87. The van der Waals surface area contributed by atoms with Crippen LogP contribution in [0.15, 0.2) is 47.1 Å². The Labute approximate surface area is 170 Å². The topological polar surface area (TPSA) is 51.5 Å². The number of methoxy groups -OCH3 is 1. The summed E-state index contributed by atoms with van der Waals surface area (Å²) in [4.78, 5) is 12.3. The highest BCUT2D eigenvalue weighted by Gasteiger charge is 2.19. The molecule has 1 heterocycles. The molecule has 1 atom stereocenters. The van der Waals surface area contributed by atoms with E-state index >= 15 is 0 Å². The van der Waals surface area contributed by atoms with Crippen LogP contribution in [0.25, 0.3) is 27.7 Å². The Morgan fingerprint density at radius 2 is 2.00 bits per heavy atom. The number of halogens is 1. The van der Waals surface area contributed by atoms with Crippen LogP contribution in [0.2, 0.25) is 0 Å².